The molecule has 5 heteroatoms. The summed E-state index contributed by atoms with van der Waals surface area (Å²) in [4.78, 5) is 0. The predicted octanol–water partition coefficient (Wildman–Crippen LogP) is 3.39. The van der Waals surface area contributed by atoms with Crippen LogP contribution in [0.5, 0.6) is 5.75 Å². The van der Waals surface area contributed by atoms with E-state index in [2.05, 4.69) is 20.7 Å². The molecule has 0 aliphatic rings. The molecule has 1 nitrogen and oxygen atoms in total. The normalized spacial score (nSPS) is 10.1. The lowest BCUT2D eigenvalue weighted by atomic mass is 10.3. The van der Waals surface area contributed by atoms with Crippen molar-refractivity contribution < 1.29 is 13.5 Å². The van der Waals surface area contributed by atoms with Crippen molar-refractivity contribution in [2.75, 3.05) is 7.11 Å². The van der Waals surface area contributed by atoms with E-state index in [-0.39, 0.29) is 15.2 Å². The smallest absolute Gasteiger partial charge is 0.162 e. The van der Waals surface area contributed by atoms with Crippen LogP contribution in [0.4, 0.5) is 8.78 Å². The Morgan fingerprint density at radius 3 is 2.58 bits per heavy atom. The SMILES string of the molecule is COc1cc(F)c(Br)c(F)c1Cl. The van der Waals surface area contributed by atoms with Crippen LogP contribution in [0.25, 0.3) is 0 Å². The molecule has 0 fully saturated rings. The van der Waals surface area contributed by atoms with E-state index >= 15 is 0 Å². The second-order valence-electron chi connectivity index (χ2n) is 2.00. The minimum absolute atomic E-state index is 0.0186. The number of halogens is 4. The standard InChI is InChI=1S/C7H4BrClF2O/c1-12-4-2-3(10)5(8)7(11)6(4)9/h2H,1H3. The molecule has 0 aliphatic heterocycles. The largest absolute Gasteiger partial charge is 0.495 e. The quantitative estimate of drug-likeness (QED) is 0.553. The Morgan fingerprint density at radius 1 is 1.50 bits per heavy atom. The highest BCUT2D eigenvalue weighted by Gasteiger charge is 2.15. The maximum absolute atomic E-state index is 12.9. The van der Waals surface area contributed by atoms with E-state index in [1.165, 1.54) is 7.11 Å². The Balaban J connectivity index is 3.39. The molecule has 0 amide bonds. The lowest BCUT2D eigenvalue weighted by molar-refractivity contribution is 0.406. The third-order valence-electron chi connectivity index (χ3n) is 1.29. The highest BCUT2D eigenvalue weighted by molar-refractivity contribution is 9.10. The zero-order valence-corrected chi connectivity index (χ0v) is 8.34. The average Bonchev–Trinajstić information content (AvgIpc) is 2.08. The zero-order valence-electron chi connectivity index (χ0n) is 6.00. The fourth-order valence-electron chi connectivity index (χ4n) is 0.700. The van der Waals surface area contributed by atoms with Crippen LogP contribution in [-0.4, -0.2) is 7.11 Å². The maximum Gasteiger partial charge on any atom is 0.162 e. The number of hydrogen-bond acceptors (Lipinski definition) is 1. The third kappa shape index (κ3) is 1.54. The molecule has 0 aliphatic carbocycles. The Morgan fingerprint density at radius 2 is 2.08 bits per heavy atom. The monoisotopic (exact) mass is 256 g/mol. The van der Waals surface area contributed by atoms with Gasteiger partial charge in [0.05, 0.1) is 11.6 Å². The second-order valence-corrected chi connectivity index (χ2v) is 3.17. The van der Waals surface area contributed by atoms with Crippen LogP contribution in [0.1, 0.15) is 0 Å². The minimum atomic E-state index is -0.853. The minimum Gasteiger partial charge on any atom is -0.495 e. The highest BCUT2D eigenvalue weighted by atomic mass is 79.9. The summed E-state index contributed by atoms with van der Waals surface area (Å²) >= 11 is 8.18. The molecule has 1 aromatic carbocycles. The van der Waals surface area contributed by atoms with Crippen LogP contribution in [0.3, 0.4) is 0 Å². The van der Waals surface area contributed by atoms with E-state index in [0.717, 1.165) is 6.07 Å². The fourth-order valence-corrected chi connectivity index (χ4v) is 1.35. The van der Waals surface area contributed by atoms with Crippen molar-refractivity contribution in [3.8, 4) is 5.75 Å². The van der Waals surface area contributed by atoms with Crippen molar-refractivity contribution >= 4 is 27.5 Å². The molecule has 0 unspecified atom stereocenters. The summed E-state index contributed by atoms with van der Waals surface area (Å²) in [5.74, 6) is -1.61. The van der Waals surface area contributed by atoms with Crippen LogP contribution < -0.4 is 4.74 Å². The summed E-state index contributed by atoms with van der Waals surface area (Å²) in [5.41, 5.74) is 0. The van der Waals surface area contributed by atoms with Crippen LogP contribution >= 0.6 is 27.5 Å². The molecular weight excluding hydrogens is 253 g/mol. The molecule has 0 saturated carbocycles. The summed E-state index contributed by atoms with van der Waals surface area (Å²) in [7, 11) is 1.29. The van der Waals surface area contributed by atoms with Crippen LogP contribution in [0, 0.1) is 11.6 Å². The number of hydrogen-bond donors (Lipinski definition) is 0. The number of benzene rings is 1. The molecule has 0 spiro atoms. The Labute approximate surface area is 81.4 Å². The van der Waals surface area contributed by atoms with Gasteiger partial charge in [0.15, 0.2) is 5.82 Å². The summed E-state index contributed by atoms with van der Waals surface area (Å²) in [6, 6.07) is 1.01. The molecule has 12 heavy (non-hydrogen) atoms. The van der Waals surface area contributed by atoms with E-state index in [1.807, 2.05) is 0 Å². The van der Waals surface area contributed by atoms with Gasteiger partial charge in [0, 0.05) is 6.07 Å². The topological polar surface area (TPSA) is 9.23 Å². The third-order valence-corrected chi connectivity index (χ3v) is 2.37. The van der Waals surface area contributed by atoms with Gasteiger partial charge in [-0.15, -0.1) is 0 Å². The number of rotatable bonds is 1. The van der Waals surface area contributed by atoms with Crippen LogP contribution in [-0.2, 0) is 0 Å². The van der Waals surface area contributed by atoms with Gasteiger partial charge >= 0.3 is 0 Å². The van der Waals surface area contributed by atoms with Crippen molar-refractivity contribution in [2.24, 2.45) is 0 Å². The average molecular weight is 257 g/mol. The second kappa shape index (κ2) is 3.58. The molecule has 0 N–H and O–H groups in total. The Hall–Kier alpha value is -0.350. The first-order chi connectivity index (χ1) is 5.57. The van der Waals surface area contributed by atoms with E-state index in [4.69, 9.17) is 11.6 Å². The van der Waals surface area contributed by atoms with Gasteiger partial charge in [0.1, 0.15) is 16.6 Å². The van der Waals surface area contributed by atoms with E-state index in [9.17, 15) is 8.78 Å². The van der Waals surface area contributed by atoms with Crippen LogP contribution in [0.15, 0.2) is 10.5 Å². The van der Waals surface area contributed by atoms with Gasteiger partial charge in [0.2, 0.25) is 0 Å². The van der Waals surface area contributed by atoms with Crippen molar-refractivity contribution in [2.45, 2.75) is 0 Å². The van der Waals surface area contributed by atoms with Gasteiger partial charge in [-0.3, -0.25) is 0 Å². The summed E-state index contributed by atoms with van der Waals surface area (Å²) in [6.45, 7) is 0. The molecule has 1 rings (SSSR count). The van der Waals surface area contributed by atoms with Gasteiger partial charge in [0.25, 0.3) is 0 Å². The van der Waals surface area contributed by atoms with E-state index < -0.39 is 11.6 Å². The van der Waals surface area contributed by atoms with Gasteiger partial charge in [-0.1, -0.05) is 11.6 Å². The van der Waals surface area contributed by atoms with Crippen molar-refractivity contribution in [1.29, 1.82) is 0 Å². The summed E-state index contributed by atoms with van der Waals surface area (Å²) < 4.78 is 30.1. The Kier molecular flexibility index (Phi) is 2.90. The van der Waals surface area contributed by atoms with Gasteiger partial charge < -0.3 is 4.74 Å². The fraction of sp³-hybridized carbons (Fsp3) is 0.143. The first kappa shape index (κ1) is 9.74. The molecule has 0 saturated heterocycles. The number of methoxy groups -OCH3 is 1. The molecule has 0 bridgehead atoms. The molecule has 0 aromatic heterocycles. The van der Waals surface area contributed by atoms with Gasteiger partial charge in [-0.2, -0.15) is 0 Å². The molecule has 66 valence electrons. The first-order valence-corrected chi connectivity index (χ1v) is 4.12. The van der Waals surface area contributed by atoms with Crippen LogP contribution in [0.2, 0.25) is 5.02 Å². The van der Waals surface area contributed by atoms with Crippen molar-refractivity contribution in [3.63, 3.8) is 0 Å². The lowest BCUT2D eigenvalue weighted by Crippen LogP contribution is -1.91. The highest BCUT2D eigenvalue weighted by Crippen LogP contribution is 2.33. The molecular formula is C7H4BrClF2O. The van der Waals surface area contributed by atoms with E-state index in [0.29, 0.717) is 0 Å². The molecule has 0 heterocycles. The van der Waals surface area contributed by atoms with Gasteiger partial charge in [-0.05, 0) is 15.9 Å². The zero-order chi connectivity index (χ0) is 9.30. The summed E-state index contributed by atoms with van der Waals surface area (Å²) in [5, 5.41) is -0.231. The summed E-state index contributed by atoms with van der Waals surface area (Å²) in [6.07, 6.45) is 0. The molecule has 0 radical (unpaired) electrons. The maximum atomic E-state index is 12.9. The van der Waals surface area contributed by atoms with Crippen molar-refractivity contribution in [1.82, 2.24) is 0 Å². The van der Waals surface area contributed by atoms with Gasteiger partial charge in [-0.25, -0.2) is 8.78 Å². The molecule has 1 aromatic rings. The van der Waals surface area contributed by atoms with Crippen molar-refractivity contribution in [3.05, 3.63) is 27.2 Å². The lowest BCUT2D eigenvalue weighted by Gasteiger charge is -2.05. The van der Waals surface area contributed by atoms with E-state index in [1.54, 1.807) is 0 Å². The predicted molar refractivity (Wildman–Crippen MR) is 45.6 cm³/mol. The number of ether oxygens (including phenoxy) is 1. The Bertz CT molecular complexity index is 317. The first-order valence-electron chi connectivity index (χ1n) is 2.95. The molecule has 0 atom stereocenters.